The van der Waals surface area contributed by atoms with E-state index in [1.54, 1.807) is 6.08 Å². The van der Waals surface area contributed by atoms with E-state index in [9.17, 15) is 19.5 Å². The molecule has 0 radical (unpaired) electrons. The van der Waals surface area contributed by atoms with Crippen molar-refractivity contribution in [2.45, 2.75) is 232 Å². The average molecular weight is 1120 g/mol. The number of hydrogen-bond acceptors (Lipinski definition) is 7. The van der Waals surface area contributed by atoms with Gasteiger partial charge in [-0.25, -0.2) is 4.79 Å². The fraction of sp³-hybridized carbons (Fsp3) is 0.597. The summed E-state index contributed by atoms with van der Waals surface area (Å²) in [5, 5.41) is 9.70. The van der Waals surface area contributed by atoms with E-state index >= 15 is 0 Å². The van der Waals surface area contributed by atoms with Crippen LogP contribution in [0.5, 0.6) is 0 Å². The van der Waals surface area contributed by atoms with E-state index in [1.165, 1.54) is 83.5 Å². The highest BCUT2D eigenvalue weighted by molar-refractivity contribution is 5.72. The second-order valence-electron chi connectivity index (χ2n) is 21.6. The van der Waals surface area contributed by atoms with E-state index in [4.69, 9.17) is 18.9 Å². The van der Waals surface area contributed by atoms with Gasteiger partial charge in [-0.15, -0.1) is 0 Å². The Balaban J connectivity index is 4.11. The van der Waals surface area contributed by atoms with Gasteiger partial charge >= 0.3 is 17.9 Å². The minimum Gasteiger partial charge on any atom is -0.477 e. The van der Waals surface area contributed by atoms with Crippen LogP contribution < -0.4 is 0 Å². The molecule has 0 rings (SSSR count). The molecule has 0 aromatic rings. The summed E-state index contributed by atoms with van der Waals surface area (Å²) in [7, 11) is 5.93. The zero-order valence-corrected chi connectivity index (χ0v) is 51.9. The number of unbranched alkanes of at least 4 members (excludes halogenated alkanes) is 16. The van der Waals surface area contributed by atoms with Gasteiger partial charge in [-0.1, -0.05) is 262 Å². The minimum atomic E-state index is -1.54. The van der Waals surface area contributed by atoms with Gasteiger partial charge in [0.05, 0.1) is 40.8 Å². The Bertz CT molecular complexity index is 1880. The van der Waals surface area contributed by atoms with Crippen molar-refractivity contribution in [2.75, 3.05) is 47.5 Å². The molecule has 1 N–H and O–H groups in total. The fourth-order valence-corrected chi connectivity index (χ4v) is 8.04. The molecule has 0 amide bonds. The predicted molar refractivity (Wildman–Crippen MR) is 345 cm³/mol. The molecular weight excluding hydrogens is 1010 g/mol. The Kier molecular flexibility index (Phi) is 57.2. The van der Waals surface area contributed by atoms with Crippen molar-refractivity contribution in [2.24, 2.45) is 0 Å². The number of quaternary nitrogens is 1. The van der Waals surface area contributed by atoms with Crippen molar-refractivity contribution in [1.29, 1.82) is 0 Å². The van der Waals surface area contributed by atoms with Gasteiger partial charge in [0.2, 0.25) is 0 Å². The predicted octanol–water partition coefficient (Wildman–Crippen LogP) is 19.3. The summed E-state index contributed by atoms with van der Waals surface area (Å²) in [6.45, 7) is 4.51. The number of ether oxygens (including phenoxy) is 4. The third kappa shape index (κ3) is 62.4. The first-order valence-corrected chi connectivity index (χ1v) is 31.6. The van der Waals surface area contributed by atoms with Crippen molar-refractivity contribution in [3.05, 3.63) is 158 Å². The van der Waals surface area contributed by atoms with E-state index in [2.05, 4.69) is 154 Å². The second kappa shape index (κ2) is 61.0. The van der Waals surface area contributed by atoms with Crippen molar-refractivity contribution in [3.8, 4) is 0 Å². The van der Waals surface area contributed by atoms with Crippen LogP contribution in [0.1, 0.15) is 219 Å². The summed E-state index contributed by atoms with van der Waals surface area (Å²) in [6, 6.07) is 0. The molecule has 9 heteroatoms. The number of likely N-dealkylation sites (N-methyl/N-ethyl adjacent to an activating group) is 1. The Morgan fingerprint density at radius 3 is 1.05 bits per heavy atom. The lowest BCUT2D eigenvalue weighted by Gasteiger charge is -2.25. The summed E-state index contributed by atoms with van der Waals surface area (Å²) in [5.41, 5.74) is 0. The maximum Gasteiger partial charge on any atom is 0.361 e. The van der Waals surface area contributed by atoms with Crippen LogP contribution in [-0.4, -0.2) is 87.4 Å². The van der Waals surface area contributed by atoms with E-state index < -0.39 is 30.3 Å². The van der Waals surface area contributed by atoms with Crippen LogP contribution >= 0.6 is 0 Å². The molecule has 2 unspecified atom stereocenters. The zero-order valence-electron chi connectivity index (χ0n) is 51.9. The van der Waals surface area contributed by atoms with Crippen molar-refractivity contribution in [3.63, 3.8) is 0 Å². The van der Waals surface area contributed by atoms with Gasteiger partial charge in [-0.2, -0.15) is 0 Å². The number of nitrogens with zero attached hydrogens (tertiary/aromatic N) is 1. The largest absolute Gasteiger partial charge is 0.477 e. The summed E-state index contributed by atoms with van der Waals surface area (Å²) in [4.78, 5) is 37.3. The number of aliphatic carboxylic acids is 1. The monoisotopic (exact) mass is 1120 g/mol. The van der Waals surface area contributed by atoms with E-state index in [0.29, 0.717) is 23.9 Å². The van der Waals surface area contributed by atoms with Gasteiger partial charge in [-0.3, -0.25) is 9.59 Å². The highest BCUT2D eigenvalue weighted by Gasteiger charge is 2.25. The molecule has 0 spiro atoms. The number of carboxylic acid groups (broad SMARTS) is 1. The molecule has 0 heterocycles. The quantitative estimate of drug-likeness (QED) is 0.0211. The van der Waals surface area contributed by atoms with Crippen LogP contribution in [-0.2, 0) is 33.3 Å². The number of rotatable bonds is 56. The zero-order chi connectivity index (χ0) is 59.1. The van der Waals surface area contributed by atoms with Crippen molar-refractivity contribution in [1.82, 2.24) is 0 Å². The Morgan fingerprint density at radius 1 is 0.383 bits per heavy atom. The Hall–Kier alpha value is -5.09. The summed E-state index contributed by atoms with van der Waals surface area (Å²) < 4.78 is 22.7. The number of carbonyl (C=O) groups excluding carboxylic acids is 2. The molecule has 0 bridgehead atoms. The molecular formula is C72H116NO8+. The fourth-order valence-electron chi connectivity index (χ4n) is 8.04. The van der Waals surface area contributed by atoms with Gasteiger partial charge in [0.1, 0.15) is 13.2 Å². The molecule has 81 heavy (non-hydrogen) atoms. The van der Waals surface area contributed by atoms with Crippen molar-refractivity contribution < 1.29 is 42.9 Å². The molecule has 0 saturated heterocycles. The van der Waals surface area contributed by atoms with Gasteiger partial charge in [0.15, 0.2) is 6.10 Å². The van der Waals surface area contributed by atoms with Gasteiger partial charge in [-0.05, 0) is 103 Å². The van der Waals surface area contributed by atoms with E-state index in [-0.39, 0.29) is 32.7 Å². The summed E-state index contributed by atoms with van der Waals surface area (Å²) in [6.07, 6.45) is 88.1. The molecule has 0 aromatic carbocycles. The number of esters is 2. The SMILES string of the molecule is CC/C=C\C/C=C\C/C=C\C/C=C\C/C=C\C/C=C\C/C=C\C/C=C\CCCCCCCCCCCCCCCCCCC(=O)OC(COC(=O)C/C=C\C/C=C\C/C=C\C/C=C\C/C=C\CC)COC(OCC[N+](C)(C)C)C(=O)O. The van der Waals surface area contributed by atoms with Crippen LogP contribution in [0.3, 0.4) is 0 Å². The molecule has 0 aliphatic rings. The maximum atomic E-state index is 12.9. The lowest BCUT2D eigenvalue weighted by Crippen LogP contribution is -2.40. The number of allylic oxidation sites excluding steroid dienone is 25. The first kappa shape index (κ1) is 75.9. The van der Waals surface area contributed by atoms with Crippen LogP contribution in [0, 0.1) is 0 Å². The molecule has 456 valence electrons. The molecule has 0 aliphatic carbocycles. The van der Waals surface area contributed by atoms with Crippen LogP contribution in [0.25, 0.3) is 0 Å². The molecule has 0 saturated carbocycles. The summed E-state index contributed by atoms with van der Waals surface area (Å²) >= 11 is 0. The number of carboxylic acids is 1. The third-order valence-corrected chi connectivity index (χ3v) is 12.8. The van der Waals surface area contributed by atoms with Crippen LogP contribution in [0.2, 0.25) is 0 Å². The van der Waals surface area contributed by atoms with Crippen molar-refractivity contribution >= 4 is 17.9 Å². The Labute approximate surface area is 495 Å². The smallest absolute Gasteiger partial charge is 0.361 e. The number of hydrogen-bond donors (Lipinski definition) is 1. The second-order valence-corrected chi connectivity index (χ2v) is 21.6. The standard InChI is InChI=1S/C72H115NO8/c1-6-8-10-12-14-16-18-20-22-23-24-25-26-27-28-29-30-31-32-33-34-35-36-37-38-39-40-41-42-43-44-45-46-47-49-51-53-55-57-59-61-63-70(75)81-68(67-80-72(71(76)77)78-65-64-73(3,4)5)66-79-69(74)62-60-58-56-54-52-50-48-21-19-17-15-13-11-9-7-2/h8-11,14-17,20-22,24-25,27-28,30-31,33-34,36-37,48,52,54,58,60,68,72H,6-7,12-13,18-19,23,26,29,32,35,38-47,49-51,53,55-57,59,61-67H2,1-5H3/p+1/b10-8-,11-9-,16-14-,17-15-,22-20-,25-24-,28-27-,31-30-,34-33-,37-36-,48-21-,54-52-,60-58-. The normalized spacial score (nSPS) is 13.8. The molecule has 0 aliphatic heterocycles. The van der Waals surface area contributed by atoms with Crippen LogP contribution in [0.15, 0.2) is 158 Å². The van der Waals surface area contributed by atoms with Gasteiger partial charge in [0, 0.05) is 6.42 Å². The Morgan fingerprint density at radius 2 is 0.704 bits per heavy atom. The topological polar surface area (TPSA) is 108 Å². The molecule has 2 atom stereocenters. The lowest BCUT2D eigenvalue weighted by atomic mass is 10.0. The minimum absolute atomic E-state index is 0.0637. The van der Waals surface area contributed by atoms with Gasteiger partial charge < -0.3 is 28.5 Å². The number of carbonyl (C=O) groups is 3. The average Bonchev–Trinajstić information content (AvgIpc) is 3.44. The highest BCUT2D eigenvalue weighted by Crippen LogP contribution is 2.16. The first-order chi connectivity index (χ1) is 39.6. The van der Waals surface area contributed by atoms with Crippen LogP contribution in [0.4, 0.5) is 0 Å². The van der Waals surface area contributed by atoms with E-state index in [0.717, 1.165) is 96.3 Å². The van der Waals surface area contributed by atoms with Gasteiger partial charge in [0.25, 0.3) is 6.29 Å². The third-order valence-electron chi connectivity index (χ3n) is 12.8. The highest BCUT2D eigenvalue weighted by atomic mass is 16.7. The maximum absolute atomic E-state index is 12.9. The first-order valence-electron chi connectivity index (χ1n) is 31.6. The molecule has 0 aromatic heterocycles. The summed E-state index contributed by atoms with van der Waals surface area (Å²) in [5.74, 6) is -2.18. The molecule has 9 nitrogen and oxygen atoms in total. The molecule has 0 fully saturated rings. The lowest BCUT2D eigenvalue weighted by molar-refractivity contribution is -0.870. The van der Waals surface area contributed by atoms with E-state index in [1.807, 2.05) is 33.3 Å².